The number of pyridine rings is 1. The molecule has 3 aromatic rings. The Bertz CT molecular complexity index is 1210. The molecule has 1 heterocycles. The molecule has 0 bridgehead atoms. The van der Waals surface area contributed by atoms with E-state index < -0.39 is 0 Å². The maximum atomic E-state index is 13.0. The van der Waals surface area contributed by atoms with Crippen LogP contribution in [0.3, 0.4) is 0 Å². The van der Waals surface area contributed by atoms with E-state index in [9.17, 15) is 10.1 Å². The van der Waals surface area contributed by atoms with Gasteiger partial charge in [-0.25, -0.2) is 0 Å². The number of hydrogen-bond acceptors (Lipinski definition) is 4. The van der Waals surface area contributed by atoms with E-state index in [-0.39, 0.29) is 11.3 Å². The summed E-state index contributed by atoms with van der Waals surface area (Å²) in [5.74, 6) is 0.317. The lowest BCUT2D eigenvalue weighted by atomic mass is 9.85. The first kappa shape index (κ1) is 22.8. The zero-order chi connectivity index (χ0) is 23.5. The first-order chi connectivity index (χ1) is 15.1. The third-order valence-electron chi connectivity index (χ3n) is 5.30. The normalized spacial score (nSPS) is 10.9. The molecule has 0 aliphatic rings. The predicted molar refractivity (Wildman–Crippen MR) is 128 cm³/mol. The molecule has 3 rings (SSSR count). The molecule has 0 spiro atoms. The molecule has 0 saturated carbocycles. The second kappa shape index (κ2) is 9.07. The maximum Gasteiger partial charge on any atom is 0.255 e. The Morgan fingerprint density at radius 3 is 2.38 bits per heavy atom. The van der Waals surface area contributed by atoms with Crippen molar-refractivity contribution in [1.82, 2.24) is 4.98 Å². The van der Waals surface area contributed by atoms with Crippen molar-refractivity contribution in [2.24, 2.45) is 0 Å². The summed E-state index contributed by atoms with van der Waals surface area (Å²) in [5, 5.41) is 12.3. The summed E-state index contributed by atoms with van der Waals surface area (Å²) in [5.41, 5.74) is 5.88. The van der Waals surface area contributed by atoms with Gasteiger partial charge in [-0.15, -0.1) is 0 Å². The molecule has 162 valence electrons. The third kappa shape index (κ3) is 5.04. The number of nitrogens with zero attached hydrogens (tertiary/aromatic N) is 2. The van der Waals surface area contributed by atoms with Crippen LogP contribution in [0.1, 0.15) is 53.5 Å². The summed E-state index contributed by atoms with van der Waals surface area (Å²) in [6, 6.07) is 17.1. The number of benzene rings is 2. The third-order valence-corrected chi connectivity index (χ3v) is 5.30. The van der Waals surface area contributed by atoms with Gasteiger partial charge < -0.3 is 10.1 Å². The van der Waals surface area contributed by atoms with Crippen molar-refractivity contribution in [3.63, 3.8) is 0 Å². The Morgan fingerprint density at radius 2 is 1.78 bits per heavy atom. The SMILES string of the molecule is C=C(OC)c1ccc(-c2cc(NC(=O)c3cc(C#N)cc(C(C)(C)C)c3)cnc2C)cc1. The molecule has 5 heteroatoms. The van der Waals surface area contributed by atoms with Gasteiger partial charge in [-0.3, -0.25) is 9.78 Å². The first-order valence-electron chi connectivity index (χ1n) is 10.3. The summed E-state index contributed by atoms with van der Waals surface area (Å²) < 4.78 is 5.18. The highest BCUT2D eigenvalue weighted by atomic mass is 16.5. The van der Waals surface area contributed by atoms with Crippen LogP contribution < -0.4 is 5.32 Å². The molecule has 1 N–H and O–H groups in total. The van der Waals surface area contributed by atoms with Crippen molar-refractivity contribution >= 4 is 17.4 Å². The van der Waals surface area contributed by atoms with E-state index in [4.69, 9.17) is 4.74 Å². The molecule has 0 aliphatic heterocycles. The maximum absolute atomic E-state index is 13.0. The van der Waals surface area contributed by atoms with Gasteiger partial charge in [0.25, 0.3) is 5.91 Å². The van der Waals surface area contributed by atoms with Gasteiger partial charge in [-0.2, -0.15) is 5.26 Å². The van der Waals surface area contributed by atoms with Crippen LogP contribution in [-0.4, -0.2) is 18.0 Å². The van der Waals surface area contributed by atoms with Crippen molar-refractivity contribution < 1.29 is 9.53 Å². The largest absolute Gasteiger partial charge is 0.497 e. The summed E-state index contributed by atoms with van der Waals surface area (Å²) >= 11 is 0. The second-order valence-electron chi connectivity index (χ2n) is 8.68. The number of carbonyl (C=O) groups is 1. The van der Waals surface area contributed by atoms with Gasteiger partial charge in [0, 0.05) is 22.4 Å². The molecule has 0 fully saturated rings. The Hall–Kier alpha value is -3.91. The van der Waals surface area contributed by atoms with Gasteiger partial charge in [0.2, 0.25) is 0 Å². The van der Waals surface area contributed by atoms with Crippen molar-refractivity contribution in [1.29, 1.82) is 5.26 Å². The van der Waals surface area contributed by atoms with E-state index in [0.29, 0.717) is 22.6 Å². The van der Waals surface area contributed by atoms with Crippen LogP contribution in [-0.2, 0) is 10.2 Å². The van der Waals surface area contributed by atoms with Gasteiger partial charge >= 0.3 is 0 Å². The Morgan fingerprint density at radius 1 is 1.09 bits per heavy atom. The van der Waals surface area contributed by atoms with Crippen molar-refractivity contribution in [3.05, 3.63) is 89.3 Å². The average Bonchev–Trinajstić information content (AvgIpc) is 2.79. The van der Waals surface area contributed by atoms with Gasteiger partial charge in [-0.05, 0) is 47.7 Å². The number of amides is 1. The Balaban J connectivity index is 1.90. The highest BCUT2D eigenvalue weighted by Gasteiger charge is 2.18. The highest BCUT2D eigenvalue weighted by molar-refractivity contribution is 6.04. The molecule has 0 saturated heterocycles. The number of nitrogens with one attached hydrogen (secondary N) is 1. The number of ether oxygens (including phenoxy) is 1. The van der Waals surface area contributed by atoms with Gasteiger partial charge in [0.05, 0.1) is 30.6 Å². The van der Waals surface area contributed by atoms with Crippen molar-refractivity contribution in [2.75, 3.05) is 12.4 Å². The predicted octanol–water partition coefficient (Wildman–Crippen LogP) is 6.10. The lowest BCUT2D eigenvalue weighted by molar-refractivity contribution is 0.102. The number of hydrogen-bond donors (Lipinski definition) is 1. The molecular weight excluding hydrogens is 398 g/mol. The van der Waals surface area contributed by atoms with Gasteiger partial charge in [0.15, 0.2) is 0 Å². The van der Waals surface area contributed by atoms with Crippen molar-refractivity contribution in [2.45, 2.75) is 33.1 Å². The standard InChI is InChI=1S/C27H27N3O2/c1-17-25(21-9-7-20(8-10-21)18(2)32-6)14-24(16-29-17)30-26(31)22-11-19(15-28)12-23(13-22)27(3,4)5/h7-14,16H,2H2,1,3-6H3,(H,30,31). The molecule has 0 unspecified atom stereocenters. The monoisotopic (exact) mass is 425 g/mol. The van der Waals surface area contributed by atoms with Crippen LogP contribution in [0.5, 0.6) is 0 Å². The second-order valence-corrected chi connectivity index (χ2v) is 8.68. The molecule has 32 heavy (non-hydrogen) atoms. The van der Waals surface area contributed by atoms with Crippen LogP contribution >= 0.6 is 0 Å². The van der Waals surface area contributed by atoms with Crippen LogP contribution in [0.4, 0.5) is 5.69 Å². The molecular formula is C27H27N3O2. The average molecular weight is 426 g/mol. The minimum absolute atomic E-state index is 0.180. The summed E-state index contributed by atoms with van der Waals surface area (Å²) in [7, 11) is 1.59. The highest BCUT2D eigenvalue weighted by Crippen LogP contribution is 2.28. The Labute approximate surface area is 189 Å². The topological polar surface area (TPSA) is 75.0 Å². The molecule has 1 amide bonds. The summed E-state index contributed by atoms with van der Waals surface area (Å²) in [6.07, 6.45) is 1.64. The molecule has 1 aromatic heterocycles. The molecule has 0 aliphatic carbocycles. The van der Waals surface area contributed by atoms with Crippen LogP contribution in [0.2, 0.25) is 0 Å². The van der Waals surface area contributed by atoms with E-state index in [1.807, 2.05) is 49.4 Å². The van der Waals surface area contributed by atoms with E-state index in [2.05, 4.69) is 43.7 Å². The van der Waals surface area contributed by atoms with Crippen LogP contribution in [0, 0.1) is 18.3 Å². The number of anilines is 1. The fraction of sp³-hybridized carbons (Fsp3) is 0.222. The lowest BCUT2D eigenvalue weighted by Crippen LogP contribution is -2.16. The number of aryl methyl sites for hydroxylation is 1. The first-order valence-corrected chi connectivity index (χ1v) is 10.3. The van der Waals surface area contributed by atoms with Gasteiger partial charge in [0.1, 0.15) is 5.76 Å². The fourth-order valence-electron chi connectivity index (χ4n) is 3.31. The Kier molecular flexibility index (Phi) is 6.45. The van der Waals surface area contributed by atoms with Crippen LogP contribution in [0.15, 0.2) is 61.3 Å². The number of nitriles is 1. The zero-order valence-electron chi connectivity index (χ0n) is 19.1. The smallest absolute Gasteiger partial charge is 0.255 e. The molecule has 5 nitrogen and oxygen atoms in total. The number of aromatic nitrogens is 1. The molecule has 0 radical (unpaired) electrons. The fourth-order valence-corrected chi connectivity index (χ4v) is 3.31. The van der Waals surface area contributed by atoms with E-state index in [1.165, 1.54) is 0 Å². The van der Waals surface area contributed by atoms with E-state index >= 15 is 0 Å². The zero-order valence-corrected chi connectivity index (χ0v) is 19.1. The van der Waals surface area contributed by atoms with Crippen LogP contribution in [0.25, 0.3) is 16.9 Å². The molecule has 2 aromatic carbocycles. The van der Waals surface area contributed by atoms with Crippen molar-refractivity contribution in [3.8, 4) is 17.2 Å². The van der Waals surface area contributed by atoms with Gasteiger partial charge in [-0.1, -0.05) is 51.6 Å². The minimum Gasteiger partial charge on any atom is -0.497 e. The lowest BCUT2D eigenvalue weighted by Gasteiger charge is -2.20. The summed E-state index contributed by atoms with van der Waals surface area (Å²) in [6.45, 7) is 11.9. The van der Waals surface area contributed by atoms with E-state index in [1.54, 1.807) is 19.4 Å². The van der Waals surface area contributed by atoms with E-state index in [0.717, 1.165) is 27.9 Å². The quantitative estimate of drug-likeness (QED) is 0.502. The summed E-state index contributed by atoms with van der Waals surface area (Å²) in [4.78, 5) is 17.4. The minimum atomic E-state index is -0.282. The molecule has 0 atom stereocenters. The number of carbonyl (C=O) groups excluding carboxylic acids is 1. The number of rotatable bonds is 5. The number of methoxy groups -OCH3 is 1.